The largest absolute Gasteiger partial charge is 0.378 e. The molecule has 0 aromatic heterocycles. The number of hydrazine groups is 1. The maximum atomic E-state index is 12.1. The summed E-state index contributed by atoms with van der Waals surface area (Å²) < 4.78 is 0. The molecule has 0 fully saturated rings. The van der Waals surface area contributed by atoms with Crippen molar-refractivity contribution in [3.05, 3.63) is 69.7 Å². The van der Waals surface area contributed by atoms with Gasteiger partial charge in [-0.2, -0.15) is 0 Å². The molecule has 6 heteroatoms. The van der Waals surface area contributed by atoms with E-state index in [4.69, 9.17) is 23.2 Å². The van der Waals surface area contributed by atoms with Crippen LogP contribution in [0.1, 0.15) is 17.2 Å². The summed E-state index contributed by atoms with van der Waals surface area (Å²) in [5, 5.41) is 12.4. The summed E-state index contributed by atoms with van der Waals surface area (Å²) in [4.78, 5) is 12.1. The van der Waals surface area contributed by atoms with E-state index in [1.54, 1.807) is 24.2 Å². The number of benzene rings is 2. The lowest BCUT2D eigenvalue weighted by atomic mass is 10.1. The molecule has 0 spiro atoms. The summed E-state index contributed by atoms with van der Waals surface area (Å²) in [7, 11) is 1.73. The number of aliphatic hydroxyl groups is 1. The second-order valence-electron chi connectivity index (χ2n) is 4.89. The van der Waals surface area contributed by atoms with Crippen molar-refractivity contribution in [2.45, 2.75) is 12.6 Å². The van der Waals surface area contributed by atoms with Crippen LogP contribution in [0.4, 0.5) is 0 Å². The minimum Gasteiger partial charge on any atom is -0.378 e. The van der Waals surface area contributed by atoms with Crippen LogP contribution in [0.5, 0.6) is 0 Å². The average molecular weight is 339 g/mol. The number of hydrogen-bond acceptors (Lipinski definition) is 3. The molecule has 22 heavy (non-hydrogen) atoms. The third-order valence-electron chi connectivity index (χ3n) is 3.07. The first-order valence-corrected chi connectivity index (χ1v) is 7.41. The van der Waals surface area contributed by atoms with Gasteiger partial charge in [0.1, 0.15) is 0 Å². The topological polar surface area (TPSA) is 52.6 Å². The minimum atomic E-state index is -1.31. The van der Waals surface area contributed by atoms with Gasteiger partial charge in [-0.3, -0.25) is 10.2 Å². The van der Waals surface area contributed by atoms with Crippen molar-refractivity contribution in [2.75, 3.05) is 7.05 Å². The van der Waals surface area contributed by atoms with Crippen molar-refractivity contribution in [3.8, 4) is 0 Å². The molecule has 2 N–H and O–H groups in total. The van der Waals surface area contributed by atoms with Gasteiger partial charge in [-0.15, -0.1) is 0 Å². The van der Waals surface area contributed by atoms with E-state index in [2.05, 4.69) is 5.43 Å². The van der Waals surface area contributed by atoms with Crippen molar-refractivity contribution in [2.24, 2.45) is 0 Å². The fourth-order valence-corrected chi connectivity index (χ4v) is 2.29. The number of hydrogen-bond donors (Lipinski definition) is 2. The Morgan fingerprint density at radius 3 is 2.50 bits per heavy atom. The highest BCUT2D eigenvalue weighted by Crippen LogP contribution is 2.25. The van der Waals surface area contributed by atoms with E-state index < -0.39 is 12.0 Å². The molecule has 0 saturated carbocycles. The SMILES string of the molecule is CN(Cc1ccccc1)NC(=O)C(O)c1ccc(Cl)c(Cl)c1. The summed E-state index contributed by atoms with van der Waals surface area (Å²) in [6.07, 6.45) is -1.31. The number of rotatable bonds is 5. The van der Waals surface area contributed by atoms with Gasteiger partial charge in [0.25, 0.3) is 5.91 Å². The molecular formula is C16H16Cl2N2O2. The van der Waals surface area contributed by atoms with Crippen LogP contribution in [0.15, 0.2) is 48.5 Å². The van der Waals surface area contributed by atoms with Gasteiger partial charge in [-0.1, -0.05) is 59.6 Å². The van der Waals surface area contributed by atoms with Crippen molar-refractivity contribution in [3.63, 3.8) is 0 Å². The van der Waals surface area contributed by atoms with Gasteiger partial charge in [0.2, 0.25) is 0 Å². The maximum absolute atomic E-state index is 12.1. The average Bonchev–Trinajstić information content (AvgIpc) is 2.50. The quantitative estimate of drug-likeness (QED) is 0.823. The first-order chi connectivity index (χ1) is 10.5. The zero-order valence-corrected chi connectivity index (χ0v) is 13.5. The van der Waals surface area contributed by atoms with E-state index >= 15 is 0 Å². The molecule has 2 aromatic carbocycles. The zero-order chi connectivity index (χ0) is 16.1. The molecular weight excluding hydrogens is 323 g/mol. The molecule has 1 atom stereocenters. The second-order valence-corrected chi connectivity index (χ2v) is 5.71. The molecule has 2 rings (SSSR count). The molecule has 1 unspecified atom stereocenters. The number of halogens is 2. The Bertz CT molecular complexity index is 650. The standard InChI is InChI=1S/C16H16Cl2N2O2/c1-20(10-11-5-3-2-4-6-11)19-16(22)15(21)12-7-8-13(17)14(18)9-12/h2-9,15,21H,10H2,1H3,(H,19,22). The molecule has 0 radical (unpaired) electrons. The number of amides is 1. The Labute approximate surface area is 139 Å². The smallest absolute Gasteiger partial charge is 0.267 e. The van der Waals surface area contributed by atoms with Crippen molar-refractivity contribution in [1.29, 1.82) is 0 Å². The van der Waals surface area contributed by atoms with E-state index in [1.807, 2.05) is 30.3 Å². The van der Waals surface area contributed by atoms with Crippen LogP contribution in [0, 0.1) is 0 Å². The molecule has 0 aliphatic carbocycles. The first kappa shape index (κ1) is 16.8. The van der Waals surface area contributed by atoms with Crippen LogP contribution in [0.2, 0.25) is 10.0 Å². The minimum absolute atomic E-state index is 0.295. The summed E-state index contributed by atoms with van der Waals surface area (Å²) in [6, 6.07) is 14.3. The highest BCUT2D eigenvalue weighted by molar-refractivity contribution is 6.42. The third kappa shape index (κ3) is 4.45. The highest BCUT2D eigenvalue weighted by Gasteiger charge is 2.19. The molecule has 0 aliphatic heterocycles. The summed E-state index contributed by atoms with van der Waals surface area (Å²) in [5.74, 6) is -0.531. The van der Waals surface area contributed by atoms with Gasteiger partial charge >= 0.3 is 0 Å². The highest BCUT2D eigenvalue weighted by atomic mass is 35.5. The molecule has 0 bridgehead atoms. The lowest BCUT2D eigenvalue weighted by molar-refractivity contribution is -0.134. The summed E-state index contributed by atoms with van der Waals surface area (Å²) >= 11 is 11.7. The van der Waals surface area contributed by atoms with Crippen LogP contribution in [0.25, 0.3) is 0 Å². The van der Waals surface area contributed by atoms with Crippen LogP contribution < -0.4 is 5.43 Å². The summed E-state index contributed by atoms with van der Waals surface area (Å²) in [5.41, 5.74) is 4.07. The number of carbonyl (C=O) groups is 1. The fraction of sp³-hybridized carbons (Fsp3) is 0.188. The molecule has 116 valence electrons. The molecule has 2 aromatic rings. The molecule has 0 saturated heterocycles. The first-order valence-electron chi connectivity index (χ1n) is 6.66. The van der Waals surface area contributed by atoms with Gasteiger partial charge < -0.3 is 5.11 Å². The van der Waals surface area contributed by atoms with E-state index in [1.165, 1.54) is 6.07 Å². The van der Waals surface area contributed by atoms with E-state index in [-0.39, 0.29) is 0 Å². The lowest BCUT2D eigenvalue weighted by Gasteiger charge is -2.20. The third-order valence-corrected chi connectivity index (χ3v) is 3.81. The predicted molar refractivity (Wildman–Crippen MR) is 87.5 cm³/mol. The Balaban J connectivity index is 1.97. The van der Waals surface area contributed by atoms with Crippen molar-refractivity contribution >= 4 is 29.1 Å². The van der Waals surface area contributed by atoms with Crippen LogP contribution in [-0.2, 0) is 11.3 Å². The Kier molecular flexibility index (Phi) is 5.80. The molecule has 0 heterocycles. The van der Waals surface area contributed by atoms with Crippen molar-refractivity contribution in [1.82, 2.24) is 10.4 Å². The van der Waals surface area contributed by atoms with Gasteiger partial charge in [0, 0.05) is 13.6 Å². The zero-order valence-electron chi connectivity index (χ0n) is 12.0. The fourth-order valence-electron chi connectivity index (χ4n) is 1.98. The van der Waals surface area contributed by atoms with E-state index in [9.17, 15) is 9.90 Å². The Hall–Kier alpha value is -1.59. The molecule has 0 aliphatic rings. The van der Waals surface area contributed by atoms with Gasteiger partial charge in [-0.25, -0.2) is 5.01 Å². The maximum Gasteiger partial charge on any atom is 0.267 e. The monoisotopic (exact) mass is 338 g/mol. The normalized spacial score (nSPS) is 12.2. The molecule has 1 amide bonds. The predicted octanol–water partition coefficient (Wildman–Crippen LogP) is 3.19. The van der Waals surface area contributed by atoms with E-state index in [0.29, 0.717) is 22.2 Å². The Morgan fingerprint density at radius 2 is 1.86 bits per heavy atom. The lowest BCUT2D eigenvalue weighted by Crippen LogP contribution is -2.41. The van der Waals surface area contributed by atoms with Crippen LogP contribution >= 0.6 is 23.2 Å². The Morgan fingerprint density at radius 1 is 1.18 bits per heavy atom. The van der Waals surface area contributed by atoms with Gasteiger partial charge in [0.05, 0.1) is 10.0 Å². The van der Waals surface area contributed by atoms with Crippen LogP contribution in [0.3, 0.4) is 0 Å². The van der Waals surface area contributed by atoms with Gasteiger partial charge in [0.15, 0.2) is 6.10 Å². The molecule has 4 nitrogen and oxygen atoms in total. The number of aliphatic hydroxyl groups excluding tert-OH is 1. The number of nitrogens with one attached hydrogen (secondary N) is 1. The van der Waals surface area contributed by atoms with E-state index in [0.717, 1.165) is 5.56 Å². The number of carbonyl (C=O) groups excluding carboxylic acids is 1. The second kappa shape index (κ2) is 7.61. The van der Waals surface area contributed by atoms with Crippen LogP contribution in [-0.4, -0.2) is 23.1 Å². The summed E-state index contributed by atoms with van der Waals surface area (Å²) in [6.45, 7) is 0.528. The van der Waals surface area contributed by atoms with Crippen molar-refractivity contribution < 1.29 is 9.90 Å². The van der Waals surface area contributed by atoms with Gasteiger partial charge in [-0.05, 0) is 23.3 Å². The number of nitrogens with zero attached hydrogens (tertiary/aromatic N) is 1.